The van der Waals surface area contributed by atoms with Crippen molar-refractivity contribution in [1.29, 1.82) is 0 Å². The zero-order valence-corrected chi connectivity index (χ0v) is 24.5. The maximum absolute atomic E-state index is 13.1. The highest BCUT2D eigenvalue weighted by Crippen LogP contribution is 2.24. The molecule has 0 spiro atoms. The predicted octanol–water partition coefficient (Wildman–Crippen LogP) is 5.21. The Morgan fingerprint density at radius 3 is 1.80 bits per heavy atom. The standard InChI is InChI=1S/C27H44N2O4S2/c1-18(2)34-15-22(16-35-19(3)4)24(31)20-10-12-21(13-11-20)25(32)28-14-23(30)29-27(8,9)17-33-26(5,6)7/h10-13,18-19,22H,14-17H2,1-9H3,(H,28,32)(H,29,30). The molecular weight excluding hydrogens is 480 g/mol. The fourth-order valence-electron chi connectivity index (χ4n) is 2.96. The van der Waals surface area contributed by atoms with E-state index < -0.39 is 5.54 Å². The van der Waals surface area contributed by atoms with Crippen molar-refractivity contribution in [3.63, 3.8) is 0 Å². The van der Waals surface area contributed by atoms with Crippen molar-refractivity contribution in [3.8, 4) is 0 Å². The molecule has 0 bridgehead atoms. The summed E-state index contributed by atoms with van der Waals surface area (Å²) in [5, 5.41) is 6.47. The molecule has 0 unspecified atom stereocenters. The fraction of sp³-hybridized carbons (Fsp3) is 0.667. The molecule has 0 aromatic heterocycles. The van der Waals surface area contributed by atoms with Gasteiger partial charge >= 0.3 is 0 Å². The molecular formula is C27H44N2O4S2. The Kier molecular flexibility index (Phi) is 12.9. The normalized spacial score (nSPS) is 12.3. The Morgan fingerprint density at radius 1 is 0.857 bits per heavy atom. The second kappa shape index (κ2) is 14.3. The average molecular weight is 525 g/mol. The van der Waals surface area contributed by atoms with Crippen molar-refractivity contribution >= 4 is 41.1 Å². The number of Topliss-reactive ketones (excluding diaryl/α,β-unsaturated/α-hetero) is 1. The number of rotatable bonds is 14. The molecule has 0 saturated heterocycles. The Bertz CT molecular complexity index is 819. The van der Waals surface area contributed by atoms with E-state index in [1.807, 2.05) is 34.6 Å². The minimum Gasteiger partial charge on any atom is -0.373 e. The van der Waals surface area contributed by atoms with Crippen LogP contribution in [0.3, 0.4) is 0 Å². The van der Waals surface area contributed by atoms with E-state index in [1.54, 1.807) is 47.8 Å². The van der Waals surface area contributed by atoms with E-state index in [9.17, 15) is 14.4 Å². The van der Waals surface area contributed by atoms with Crippen molar-refractivity contribution in [3.05, 3.63) is 35.4 Å². The van der Waals surface area contributed by atoms with Crippen LogP contribution >= 0.6 is 23.5 Å². The number of carbonyl (C=O) groups is 3. The van der Waals surface area contributed by atoms with Gasteiger partial charge in [-0.15, -0.1) is 0 Å². The van der Waals surface area contributed by atoms with Crippen LogP contribution in [0.25, 0.3) is 0 Å². The van der Waals surface area contributed by atoms with Gasteiger partial charge in [-0.05, 0) is 57.3 Å². The van der Waals surface area contributed by atoms with Gasteiger partial charge in [0.05, 0.1) is 24.3 Å². The first-order valence-corrected chi connectivity index (χ1v) is 14.3. The van der Waals surface area contributed by atoms with E-state index in [4.69, 9.17) is 4.74 Å². The lowest BCUT2D eigenvalue weighted by Gasteiger charge is -2.30. The third kappa shape index (κ3) is 13.4. The van der Waals surface area contributed by atoms with E-state index in [1.165, 1.54) is 0 Å². The zero-order valence-electron chi connectivity index (χ0n) is 22.8. The largest absolute Gasteiger partial charge is 0.373 e. The number of nitrogens with one attached hydrogen (secondary N) is 2. The molecule has 1 aromatic rings. The molecule has 35 heavy (non-hydrogen) atoms. The van der Waals surface area contributed by atoms with Crippen LogP contribution in [0.1, 0.15) is 83.0 Å². The molecule has 0 aliphatic rings. The third-order valence-electron chi connectivity index (χ3n) is 4.82. The van der Waals surface area contributed by atoms with E-state index in [-0.39, 0.29) is 35.7 Å². The van der Waals surface area contributed by atoms with Crippen molar-refractivity contribution in [2.24, 2.45) is 5.92 Å². The Hall–Kier alpha value is -1.51. The molecule has 2 N–H and O–H groups in total. The highest BCUT2D eigenvalue weighted by molar-refractivity contribution is 8.00. The van der Waals surface area contributed by atoms with Gasteiger partial charge in [-0.1, -0.05) is 39.8 Å². The number of hydrogen-bond donors (Lipinski definition) is 2. The van der Waals surface area contributed by atoms with E-state index in [0.717, 1.165) is 11.5 Å². The lowest BCUT2D eigenvalue weighted by molar-refractivity contribution is -0.123. The van der Waals surface area contributed by atoms with Crippen molar-refractivity contribution < 1.29 is 19.1 Å². The first-order chi connectivity index (χ1) is 16.1. The summed E-state index contributed by atoms with van der Waals surface area (Å²) < 4.78 is 5.76. The fourth-order valence-corrected chi connectivity index (χ4v) is 4.88. The molecule has 8 heteroatoms. The molecule has 0 aliphatic carbocycles. The first-order valence-electron chi connectivity index (χ1n) is 12.2. The van der Waals surface area contributed by atoms with Crippen LogP contribution in [-0.4, -0.2) is 63.9 Å². The summed E-state index contributed by atoms with van der Waals surface area (Å²) >= 11 is 3.59. The summed E-state index contributed by atoms with van der Waals surface area (Å²) in [6.07, 6.45) is 0. The van der Waals surface area contributed by atoms with Crippen LogP contribution < -0.4 is 10.6 Å². The SMILES string of the molecule is CC(C)SCC(CSC(C)C)C(=O)c1ccc(C(=O)NCC(=O)NC(C)(C)COC(C)(C)C)cc1. The smallest absolute Gasteiger partial charge is 0.251 e. The molecule has 0 aliphatic heterocycles. The van der Waals surface area contributed by atoms with Crippen LogP contribution in [0.2, 0.25) is 0 Å². The van der Waals surface area contributed by atoms with Gasteiger partial charge in [-0.25, -0.2) is 0 Å². The second-order valence-corrected chi connectivity index (χ2v) is 14.1. The van der Waals surface area contributed by atoms with E-state index >= 15 is 0 Å². The Morgan fingerprint density at radius 2 is 1.34 bits per heavy atom. The molecule has 0 saturated carbocycles. The molecule has 6 nitrogen and oxygen atoms in total. The molecule has 198 valence electrons. The van der Waals surface area contributed by atoms with Gasteiger partial charge in [0, 0.05) is 28.6 Å². The Balaban J connectivity index is 2.68. The van der Waals surface area contributed by atoms with E-state index in [2.05, 4.69) is 38.3 Å². The molecule has 2 amide bonds. The van der Waals surface area contributed by atoms with Gasteiger partial charge in [-0.3, -0.25) is 14.4 Å². The van der Waals surface area contributed by atoms with Crippen LogP contribution in [0.4, 0.5) is 0 Å². The van der Waals surface area contributed by atoms with Gasteiger partial charge in [0.25, 0.3) is 5.91 Å². The number of hydrogen-bond acceptors (Lipinski definition) is 6. The van der Waals surface area contributed by atoms with Crippen molar-refractivity contribution in [2.45, 2.75) is 84.0 Å². The predicted molar refractivity (Wildman–Crippen MR) is 150 cm³/mol. The quantitative estimate of drug-likeness (QED) is 0.325. The molecule has 1 rings (SSSR count). The number of ether oxygens (including phenoxy) is 1. The van der Waals surface area contributed by atoms with Gasteiger partial charge in [0.2, 0.25) is 5.91 Å². The summed E-state index contributed by atoms with van der Waals surface area (Å²) in [5.41, 5.74) is 0.160. The van der Waals surface area contributed by atoms with Gasteiger partial charge in [0.15, 0.2) is 5.78 Å². The van der Waals surface area contributed by atoms with Crippen LogP contribution in [0, 0.1) is 5.92 Å². The van der Waals surface area contributed by atoms with E-state index in [0.29, 0.717) is 28.2 Å². The second-order valence-electron chi connectivity index (χ2n) is 10.9. The number of carbonyl (C=O) groups excluding carboxylic acids is 3. The molecule has 0 heterocycles. The molecule has 1 aromatic carbocycles. The summed E-state index contributed by atoms with van der Waals surface area (Å²) in [4.78, 5) is 38.0. The lowest BCUT2D eigenvalue weighted by atomic mass is 9.99. The third-order valence-corrected chi connectivity index (χ3v) is 7.34. The minimum atomic E-state index is -0.560. The monoisotopic (exact) mass is 524 g/mol. The maximum atomic E-state index is 13.1. The molecule has 0 radical (unpaired) electrons. The molecule has 0 atom stereocenters. The maximum Gasteiger partial charge on any atom is 0.251 e. The first kappa shape index (κ1) is 31.5. The summed E-state index contributed by atoms with van der Waals surface area (Å²) in [6.45, 7) is 18.4. The van der Waals surface area contributed by atoms with Crippen LogP contribution in [0.15, 0.2) is 24.3 Å². The van der Waals surface area contributed by atoms with Crippen molar-refractivity contribution in [2.75, 3.05) is 24.7 Å². The van der Waals surface area contributed by atoms with Crippen molar-refractivity contribution in [1.82, 2.24) is 10.6 Å². The topological polar surface area (TPSA) is 84.5 Å². The summed E-state index contributed by atoms with van der Waals surface area (Å²) in [7, 11) is 0. The number of thioether (sulfide) groups is 2. The number of ketones is 1. The number of amides is 2. The number of benzene rings is 1. The minimum absolute atomic E-state index is 0.0659. The van der Waals surface area contributed by atoms with Crippen LogP contribution in [-0.2, 0) is 9.53 Å². The zero-order chi connectivity index (χ0) is 26.8. The Labute approximate surface area is 220 Å². The summed E-state index contributed by atoms with van der Waals surface area (Å²) in [5.74, 6) is 0.960. The van der Waals surface area contributed by atoms with Gasteiger partial charge in [0.1, 0.15) is 0 Å². The average Bonchev–Trinajstić information content (AvgIpc) is 2.75. The lowest BCUT2D eigenvalue weighted by Crippen LogP contribution is -2.51. The van der Waals surface area contributed by atoms with Crippen LogP contribution in [0.5, 0.6) is 0 Å². The molecule has 0 fully saturated rings. The van der Waals surface area contributed by atoms with Gasteiger partial charge in [-0.2, -0.15) is 23.5 Å². The van der Waals surface area contributed by atoms with Gasteiger partial charge < -0.3 is 15.4 Å². The highest BCUT2D eigenvalue weighted by Gasteiger charge is 2.25. The highest BCUT2D eigenvalue weighted by atomic mass is 32.2. The summed E-state index contributed by atoms with van der Waals surface area (Å²) in [6, 6.07) is 6.70.